The molecule has 6 nitrogen and oxygen atoms in total. The molecule has 1 aromatic heterocycles. The summed E-state index contributed by atoms with van der Waals surface area (Å²) in [6, 6.07) is 11.7. The lowest BCUT2D eigenvalue weighted by molar-refractivity contribution is 0.142. The zero-order chi connectivity index (χ0) is 16.2. The van der Waals surface area contributed by atoms with Gasteiger partial charge in [-0.15, -0.1) is 11.3 Å². The summed E-state index contributed by atoms with van der Waals surface area (Å²) in [5.74, 6) is 0.507. The van der Waals surface area contributed by atoms with Gasteiger partial charge in [0.05, 0.1) is 10.6 Å². The third kappa shape index (κ3) is 3.62. The first-order valence-corrected chi connectivity index (χ1v) is 8.22. The smallest absolute Gasteiger partial charge is 0.407 e. The average molecular weight is 330 g/mol. The molecule has 23 heavy (non-hydrogen) atoms. The number of anilines is 1. The van der Waals surface area contributed by atoms with Gasteiger partial charge in [-0.25, -0.2) is 9.79 Å². The minimum atomic E-state index is -0.855. The van der Waals surface area contributed by atoms with E-state index in [9.17, 15) is 4.79 Å². The summed E-state index contributed by atoms with van der Waals surface area (Å²) in [4.78, 5) is 20.0. The number of carboxylic acid groups (broad SMARTS) is 1. The molecule has 1 aromatic carbocycles. The number of benzene rings is 1. The van der Waals surface area contributed by atoms with Crippen LogP contribution in [0.15, 0.2) is 46.8 Å². The van der Waals surface area contributed by atoms with Gasteiger partial charge < -0.3 is 20.6 Å². The number of hydrogen-bond donors (Lipinski definition) is 2. The van der Waals surface area contributed by atoms with Gasteiger partial charge in [-0.3, -0.25) is 0 Å². The van der Waals surface area contributed by atoms with Crippen LogP contribution in [-0.4, -0.2) is 48.1 Å². The van der Waals surface area contributed by atoms with Gasteiger partial charge in [-0.1, -0.05) is 12.1 Å². The molecule has 7 heteroatoms. The molecule has 0 unspecified atom stereocenters. The van der Waals surface area contributed by atoms with Crippen molar-refractivity contribution in [3.63, 3.8) is 0 Å². The maximum Gasteiger partial charge on any atom is 0.407 e. The van der Waals surface area contributed by atoms with Crippen LogP contribution < -0.4 is 10.6 Å². The molecule has 0 atom stereocenters. The van der Waals surface area contributed by atoms with Crippen molar-refractivity contribution in [3.8, 4) is 0 Å². The van der Waals surface area contributed by atoms with Crippen LogP contribution in [0.25, 0.3) is 0 Å². The molecule has 0 spiro atoms. The van der Waals surface area contributed by atoms with Crippen LogP contribution in [0.3, 0.4) is 0 Å². The van der Waals surface area contributed by atoms with Crippen molar-refractivity contribution < 1.29 is 9.90 Å². The van der Waals surface area contributed by atoms with Crippen molar-refractivity contribution in [3.05, 3.63) is 46.7 Å². The molecule has 0 saturated carbocycles. The highest BCUT2D eigenvalue weighted by Crippen LogP contribution is 2.23. The summed E-state index contributed by atoms with van der Waals surface area (Å²) in [6.07, 6.45) is -0.855. The second-order valence-corrected chi connectivity index (χ2v) is 6.20. The molecule has 1 amide bonds. The lowest BCUT2D eigenvalue weighted by atomic mass is 10.2. The van der Waals surface area contributed by atoms with E-state index in [1.165, 1.54) is 4.90 Å². The molecule has 0 bridgehead atoms. The molecule has 1 aliphatic rings. The van der Waals surface area contributed by atoms with Gasteiger partial charge in [0.15, 0.2) is 0 Å². The number of amidine groups is 1. The Balaban J connectivity index is 1.73. The van der Waals surface area contributed by atoms with Crippen molar-refractivity contribution in [1.82, 2.24) is 4.90 Å². The molecule has 2 heterocycles. The number of carbonyl (C=O) groups is 1. The first-order chi connectivity index (χ1) is 11.1. The van der Waals surface area contributed by atoms with Crippen molar-refractivity contribution >= 4 is 34.6 Å². The van der Waals surface area contributed by atoms with Crippen LogP contribution in [0, 0.1) is 0 Å². The summed E-state index contributed by atoms with van der Waals surface area (Å²) < 4.78 is 0. The first kappa shape index (κ1) is 15.4. The van der Waals surface area contributed by atoms with Gasteiger partial charge in [0, 0.05) is 31.9 Å². The van der Waals surface area contributed by atoms with E-state index in [-0.39, 0.29) is 0 Å². The fourth-order valence-corrected chi connectivity index (χ4v) is 3.16. The van der Waals surface area contributed by atoms with Gasteiger partial charge in [-0.05, 0) is 29.6 Å². The normalized spacial score (nSPS) is 15.7. The fraction of sp³-hybridized carbons (Fsp3) is 0.250. The molecular formula is C16H18N4O2S. The molecule has 0 aliphatic carbocycles. The molecule has 1 fully saturated rings. The Hall–Kier alpha value is -2.54. The number of nitrogens with zero attached hydrogens (tertiary/aromatic N) is 3. The van der Waals surface area contributed by atoms with E-state index in [4.69, 9.17) is 10.8 Å². The van der Waals surface area contributed by atoms with Crippen molar-refractivity contribution in [1.29, 1.82) is 0 Å². The Bertz CT molecular complexity index is 707. The van der Waals surface area contributed by atoms with Gasteiger partial charge in [0.2, 0.25) is 0 Å². The first-order valence-electron chi connectivity index (χ1n) is 7.34. The molecule has 0 radical (unpaired) electrons. The number of hydrogen-bond acceptors (Lipinski definition) is 4. The van der Waals surface area contributed by atoms with E-state index >= 15 is 0 Å². The topological polar surface area (TPSA) is 82.2 Å². The Morgan fingerprint density at radius 1 is 1.17 bits per heavy atom. The number of aliphatic imine (C=N–C) groups is 1. The summed E-state index contributed by atoms with van der Waals surface area (Å²) in [7, 11) is 0. The maximum absolute atomic E-state index is 11.0. The number of piperazine rings is 1. The van der Waals surface area contributed by atoms with Crippen LogP contribution in [0.4, 0.5) is 16.2 Å². The van der Waals surface area contributed by atoms with Crippen molar-refractivity contribution in [2.24, 2.45) is 10.7 Å². The van der Waals surface area contributed by atoms with Gasteiger partial charge >= 0.3 is 6.09 Å². The molecule has 2 aromatic rings. The quantitative estimate of drug-likeness (QED) is 0.669. The van der Waals surface area contributed by atoms with Gasteiger partial charge in [0.25, 0.3) is 0 Å². The number of thiophene rings is 1. The van der Waals surface area contributed by atoms with Crippen LogP contribution in [0.2, 0.25) is 0 Å². The standard InChI is InChI=1S/C16H18N4O2S/c17-15(14-5-2-10-23-14)18-12-3-1-4-13(11-12)19-6-8-20(9-7-19)16(21)22/h1-5,10-11H,6-9H2,(H2,17,18)(H,21,22). The molecule has 120 valence electrons. The Kier molecular flexibility index (Phi) is 4.47. The van der Waals surface area contributed by atoms with Gasteiger partial charge in [-0.2, -0.15) is 0 Å². The fourth-order valence-electron chi connectivity index (χ4n) is 2.53. The third-order valence-corrected chi connectivity index (χ3v) is 4.66. The predicted molar refractivity (Wildman–Crippen MR) is 93.0 cm³/mol. The lowest BCUT2D eigenvalue weighted by Crippen LogP contribution is -2.48. The van der Waals surface area contributed by atoms with Crippen LogP contribution in [-0.2, 0) is 0 Å². The summed E-state index contributed by atoms with van der Waals surface area (Å²) in [5.41, 5.74) is 7.86. The monoisotopic (exact) mass is 330 g/mol. The number of rotatable bonds is 3. The zero-order valence-electron chi connectivity index (χ0n) is 12.6. The minimum absolute atomic E-state index is 0.507. The Labute approximate surface area is 138 Å². The van der Waals surface area contributed by atoms with E-state index in [1.54, 1.807) is 11.3 Å². The van der Waals surface area contributed by atoms with Gasteiger partial charge in [0.1, 0.15) is 5.84 Å². The molecular weight excluding hydrogens is 312 g/mol. The molecule has 1 saturated heterocycles. The number of amides is 1. The van der Waals surface area contributed by atoms with Crippen molar-refractivity contribution in [2.75, 3.05) is 31.1 Å². The SMILES string of the molecule is N/C(=N\c1cccc(N2CCN(C(=O)O)CC2)c1)c1cccs1. The van der Waals surface area contributed by atoms with E-state index in [1.807, 2.05) is 41.8 Å². The van der Waals surface area contributed by atoms with Crippen LogP contribution in [0.1, 0.15) is 4.88 Å². The van der Waals surface area contributed by atoms with Crippen LogP contribution in [0.5, 0.6) is 0 Å². The molecule has 3 rings (SSSR count). The largest absolute Gasteiger partial charge is 0.465 e. The summed E-state index contributed by atoms with van der Waals surface area (Å²) >= 11 is 1.56. The second-order valence-electron chi connectivity index (χ2n) is 5.25. The van der Waals surface area contributed by atoms with E-state index in [0.717, 1.165) is 16.3 Å². The summed E-state index contributed by atoms with van der Waals surface area (Å²) in [5, 5.41) is 11.0. The minimum Gasteiger partial charge on any atom is -0.465 e. The highest BCUT2D eigenvalue weighted by atomic mass is 32.1. The number of nitrogens with two attached hydrogens (primary N) is 1. The second kappa shape index (κ2) is 6.70. The third-order valence-electron chi connectivity index (χ3n) is 3.77. The van der Waals surface area contributed by atoms with Crippen molar-refractivity contribution in [2.45, 2.75) is 0 Å². The summed E-state index contributed by atoms with van der Waals surface area (Å²) in [6.45, 7) is 2.39. The van der Waals surface area contributed by atoms with E-state index in [0.29, 0.717) is 32.0 Å². The zero-order valence-corrected chi connectivity index (χ0v) is 13.4. The molecule has 1 aliphatic heterocycles. The van der Waals surface area contributed by atoms with E-state index < -0.39 is 6.09 Å². The lowest BCUT2D eigenvalue weighted by Gasteiger charge is -2.34. The maximum atomic E-state index is 11.0. The van der Waals surface area contributed by atoms with Crippen LogP contribution >= 0.6 is 11.3 Å². The Morgan fingerprint density at radius 2 is 1.96 bits per heavy atom. The highest BCUT2D eigenvalue weighted by molar-refractivity contribution is 7.12. The van der Waals surface area contributed by atoms with E-state index in [2.05, 4.69) is 9.89 Å². The molecule has 3 N–H and O–H groups in total. The highest BCUT2D eigenvalue weighted by Gasteiger charge is 2.20. The predicted octanol–water partition coefficient (Wildman–Crippen LogP) is 2.59. The Morgan fingerprint density at radius 3 is 2.61 bits per heavy atom. The average Bonchev–Trinajstić information content (AvgIpc) is 3.10.